The van der Waals surface area contributed by atoms with E-state index in [9.17, 15) is 14.7 Å². The number of thiazole rings is 1. The zero-order valence-electron chi connectivity index (χ0n) is 22.6. The summed E-state index contributed by atoms with van der Waals surface area (Å²) in [6.45, 7) is 7.71. The monoisotopic (exact) mass is 545 g/mol. The lowest BCUT2D eigenvalue weighted by molar-refractivity contribution is -0.153. The van der Waals surface area contributed by atoms with E-state index in [4.69, 9.17) is 9.72 Å². The van der Waals surface area contributed by atoms with Crippen LogP contribution in [0.5, 0.6) is 5.75 Å². The summed E-state index contributed by atoms with van der Waals surface area (Å²) in [5.41, 5.74) is 5.81. The number of carboxylic acids is 1. The molecule has 7 nitrogen and oxygen atoms in total. The Morgan fingerprint density at radius 1 is 1.05 bits per heavy atom. The van der Waals surface area contributed by atoms with Crippen molar-refractivity contribution in [2.75, 3.05) is 31.1 Å². The van der Waals surface area contributed by atoms with E-state index in [1.807, 2.05) is 42.2 Å². The van der Waals surface area contributed by atoms with Crippen molar-refractivity contribution in [1.29, 1.82) is 0 Å². The lowest BCUT2D eigenvalue weighted by Crippen LogP contribution is -2.57. The molecule has 3 aliphatic heterocycles. The average molecular weight is 546 g/mol. The van der Waals surface area contributed by atoms with Gasteiger partial charge in [-0.05, 0) is 86.8 Å². The van der Waals surface area contributed by atoms with Crippen LogP contribution in [0.3, 0.4) is 0 Å². The Labute approximate surface area is 233 Å². The van der Waals surface area contributed by atoms with Crippen LogP contribution in [0.1, 0.15) is 52.7 Å². The van der Waals surface area contributed by atoms with Gasteiger partial charge in [-0.3, -0.25) is 9.59 Å². The molecule has 39 heavy (non-hydrogen) atoms. The van der Waals surface area contributed by atoms with E-state index in [1.165, 1.54) is 6.42 Å². The number of ether oxygens (including phenoxy) is 1. The van der Waals surface area contributed by atoms with Crippen LogP contribution in [0.15, 0.2) is 41.8 Å². The van der Waals surface area contributed by atoms with Gasteiger partial charge in [-0.15, -0.1) is 11.3 Å². The Morgan fingerprint density at radius 3 is 2.54 bits per heavy atom. The van der Waals surface area contributed by atoms with E-state index in [-0.39, 0.29) is 23.7 Å². The lowest BCUT2D eigenvalue weighted by Gasteiger charge is -2.51. The third-order valence-electron chi connectivity index (χ3n) is 8.61. The standard InChI is InChI=1S/C31H35N3O4S/c1-19-6-9-27(38-17-22-8-7-21(13-20(22)2)29(35)33-10-4-3-5-11-33)25(12-19)26-18-39-31(32-26)34-15-23-14-24(16-34)28(23)30(36)37/h6-9,12-13,18,23-24,28H,3-5,10-11,14-17H2,1-2H3,(H,36,37). The molecule has 2 aromatic carbocycles. The van der Waals surface area contributed by atoms with Crippen LogP contribution >= 0.6 is 11.3 Å². The Bertz CT molecular complexity index is 1380. The van der Waals surface area contributed by atoms with E-state index in [1.54, 1.807) is 11.3 Å². The highest BCUT2D eigenvalue weighted by Crippen LogP contribution is 2.47. The minimum absolute atomic E-state index is 0.120. The van der Waals surface area contributed by atoms with Gasteiger partial charge in [-0.1, -0.05) is 17.7 Å². The van der Waals surface area contributed by atoms with Crippen molar-refractivity contribution in [1.82, 2.24) is 9.88 Å². The zero-order valence-corrected chi connectivity index (χ0v) is 23.4. The zero-order chi connectivity index (χ0) is 27.1. The summed E-state index contributed by atoms with van der Waals surface area (Å²) in [6.07, 6.45) is 4.38. The molecule has 8 heteroatoms. The topological polar surface area (TPSA) is 83.0 Å². The number of carbonyl (C=O) groups excluding carboxylic acids is 1. The number of hydrogen-bond acceptors (Lipinski definition) is 6. The molecule has 2 unspecified atom stereocenters. The van der Waals surface area contributed by atoms with Crippen LogP contribution in [0.25, 0.3) is 11.3 Å². The SMILES string of the molecule is Cc1ccc(OCc2ccc(C(=O)N3CCCCC3)cc2C)c(-c2csc(N3CC4CC(C3)C4C(=O)O)n2)c1. The molecule has 1 N–H and O–H groups in total. The Kier molecular flexibility index (Phi) is 7.06. The molecule has 3 saturated heterocycles. The van der Waals surface area contributed by atoms with Crippen molar-refractivity contribution in [2.45, 2.75) is 46.1 Å². The minimum Gasteiger partial charge on any atom is -0.488 e. The molecule has 4 heterocycles. The first kappa shape index (κ1) is 25.9. The van der Waals surface area contributed by atoms with Gasteiger partial charge in [0, 0.05) is 42.7 Å². The van der Waals surface area contributed by atoms with Gasteiger partial charge >= 0.3 is 5.97 Å². The van der Waals surface area contributed by atoms with Gasteiger partial charge in [0.2, 0.25) is 0 Å². The van der Waals surface area contributed by atoms with Crippen molar-refractivity contribution >= 4 is 28.3 Å². The highest BCUT2D eigenvalue weighted by molar-refractivity contribution is 7.14. The molecule has 2 bridgehead atoms. The Morgan fingerprint density at radius 2 is 1.82 bits per heavy atom. The number of aromatic nitrogens is 1. The fraction of sp³-hybridized carbons (Fsp3) is 0.452. The summed E-state index contributed by atoms with van der Waals surface area (Å²) in [4.78, 5) is 33.6. The summed E-state index contributed by atoms with van der Waals surface area (Å²) >= 11 is 1.61. The number of carbonyl (C=O) groups is 2. The van der Waals surface area contributed by atoms with Crippen molar-refractivity contribution in [3.63, 3.8) is 0 Å². The maximum Gasteiger partial charge on any atom is 0.307 e. The van der Waals surface area contributed by atoms with Crippen LogP contribution in [0, 0.1) is 31.6 Å². The number of aliphatic carboxylic acids is 1. The minimum atomic E-state index is -0.657. The summed E-state index contributed by atoms with van der Waals surface area (Å²) in [6, 6.07) is 12.1. The number of hydrogen-bond donors (Lipinski definition) is 1. The Hall–Kier alpha value is -3.39. The number of piperidine rings is 3. The molecular weight excluding hydrogens is 510 g/mol. The molecule has 7 rings (SSSR count). The van der Waals surface area contributed by atoms with Crippen LogP contribution in [0.2, 0.25) is 0 Å². The van der Waals surface area contributed by atoms with E-state index in [0.29, 0.717) is 6.61 Å². The maximum absolute atomic E-state index is 12.9. The van der Waals surface area contributed by atoms with E-state index < -0.39 is 5.97 Å². The molecule has 204 valence electrons. The van der Waals surface area contributed by atoms with Crippen LogP contribution in [-0.2, 0) is 11.4 Å². The number of rotatable bonds is 7. The number of fused-ring (bicyclic) bond motifs is 2. The third-order valence-corrected chi connectivity index (χ3v) is 9.51. The van der Waals surface area contributed by atoms with Crippen LogP contribution < -0.4 is 9.64 Å². The van der Waals surface area contributed by atoms with Gasteiger partial charge < -0.3 is 19.6 Å². The molecule has 1 aromatic heterocycles. The number of likely N-dealkylation sites (tertiary alicyclic amines) is 1. The number of carboxylic acid groups (broad SMARTS) is 1. The fourth-order valence-corrected chi connectivity index (χ4v) is 7.22. The number of benzene rings is 2. The number of aryl methyl sites for hydroxylation is 2. The summed E-state index contributed by atoms with van der Waals surface area (Å²) < 4.78 is 6.34. The average Bonchev–Trinajstić information content (AvgIpc) is 3.43. The second kappa shape index (κ2) is 10.6. The molecule has 0 spiro atoms. The molecule has 1 aliphatic carbocycles. The second-order valence-electron chi connectivity index (χ2n) is 11.3. The summed E-state index contributed by atoms with van der Waals surface area (Å²) in [5.74, 6) is 0.480. The highest BCUT2D eigenvalue weighted by atomic mass is 32.1. The quantitative estimate of drug-likeness (QED) is 0.405. The van der Waals surface area contributed by atoms with Crippen molar-refractivity contribution in [3.05, 3.63) is 64.0 Å². The Balaban J connectivity index is 1.15. The van der Waals surface area contributed by atoms with E-state index in [2.05, 4.69) is 23.3 Å². The number of nitrogens with zero attached hydrogens (tertiary/aromatic N) is 3. The first-order chi connectivity index (χ1) is 18.9. The van der Waals surface area contributed by atoms with Gasteiger partial charge in [0.05, 0.1) is 11.6 Å². The summed E-state index contributed by atoms with van der Waals surface area (Å²) in [5, 5.41) is 12.5. The fourth-order valence-electron chi connectivity index (χ4n) is 6.38. The van der Waals surface area contributed by atoms with Gasteiger partial charge in [0.25, 0.3) is 5.91 Å². The predicted octanol–water partition coefficient (Wildman–Crippen LogP) is 5.79. The molecule has 3 aromatic rings. The van der Waals surface area contributed by atoms with Gasteiger partial charge in [0.1, 0.15) is 12.4 Å². The first-order valence-corrected chi connectivity index (χ1v) is 14.8. The second-order valence-corrected chi connectivity index (χ2v) is 12.2. The number of amides is 1. The normalized spacial score (nSPS) is 22.4. The van der Waals surface area contributed by atoms with Gasteiger partial charge in [-0.2, -0.15) is 0 Å². The molecule has 4 fully saturated rings. The molecule has 1 amide bonds. The van der Waals surface area contributed by atoms with E-state index in [0.717, 1.165) is 89.8 Å². The molecule has 0 radical (unpaired) electrons. The molecule has 4 aliphatic rings. The van der Waals surface area contributed by atoms with Crippen LogP contribution in [0.4, 0.5) is 5.13 Å². The highest BCUT2D eigenvalue weighted by Gasteiger charge is 2.51. The number of anilines is 1. The van der Waals surface area contributed by atoms with Crippen molar-refractivity contribution in [2.24, 2.45) is 17.8 Å². The van der Waals surface area contributed by atoms with Crippen molar-refractivity contribution < 1.29 is 19.4 Å². The van der Waals surface area contributed by atoms with Crippen molar-refractivity contribution in [3.8, 4) is 17.0 Å². The molecule has 2 atom stereocenters. The van der Waals surface area contributed by atoms with Crippen LogP contribution in [-0.4, -0.2) is 53.0 Å². The first-order valence-electron chi connectivity index (χ1n) is 13.9. The van der Waals surface area contributed by atoms with Gasteiger partial charge in [-0.25, -0.2) is 4.98 Å². The van der Waals surface area contributed by atoms with E-state index >= 15 is 0 Å². The molecule has 1 saturated carbocycles. The maximum atomic E-state index is 12.9. The lowest BCUT2D eigenvalue weighted by atomic mass is 9.62. The largest absolute Gasteiger partial charge is 0.488 e. The van der Waals surface area contributed by atoms with Gasteiger partial charge in [0.15, 0.2) is 5.13 Å². The molecular formula is C31H35N3O4S. The smallest absolute Gasteiger partial charge is 0.307 e. The predicted molar refractivity (Wildman–Crippen MR) is 152 cm³/mol. The third kappa shape index (κ3) is 5.14. The summed E-state index contributed by atoms with van der Waals surface area (Å²) in [7, 11) is 0.